The molecule has 2 bridgehead atoms. The first-order valence-electron chi connectivity index (χ1n) is 7.58. The van der Waals surface area contributed by atoms with Crippen molar-refractivity contribution in [1.29, 1.82) is 0 Å². The molecule has 1 aliphatic heterocycles. The minimum atomic E-state index is -0.191. The average molecular weight is 334 g/mol. The summed E-state index contributed by atoms with van der Waals surface area (Å²) in [7, 11) is 0. The lowest BCUT2D eigenvalue weighted by Crippen LogP contribution is -2.40. The van der Waals surface area contributed by atoms with Crippen LogP contribution in [0.15, 0.2) is 30.4 Å². The summed E-state index contributed by atoms with van der Waals surface area (Å²) in [4.78, 5) is 27.1. The van der Waals surface area contributed by atoms with Gasteiger partial charge < -0.3 is 0 Å². The van der Waals surface area contributed by atoms with Crippen LogP contribution in [0.4, 0.5) is 5.69 Å². The van der Waals surface area contributed by atoms with Gasteiger partial charge in [0.25, 0.3) is 0 Å². The van der Waals surface area contributed by atoms with Gasteiger partial charge in [0.05, 0.1) is 17.5 Å². The third-order valence-electron chi connectivity index (χ3n) is 5.77. The molecule has 0 spiro atoms. The van der Waals surface area contributed by atoms with Crippen molar-refractivity contribution >= 4 is 40.7 Å². The second kappa shape index (κ2) is 4.15. The Labute approximate surface area is 137 Å². The van der Waals surface area contributed by atoms with Gasteiger partial charge in [-0.1, -0.05) is 35.4 Å². The lowest BCUT2D eigenvalue weighted by molar-refractivity contribution is -0.124. The molecule has 2 saturated carbocycles. The number of imide groups is 1. The van der Waals surface area contributed by atoms with Crippen molar-refractivity contribution in [3.63, 3.8) is 0 Å². The molecule has 0 unspecified atom stereocenters. The van der Waals surface area contributed by atoms with Gasteiger partial charge >= 0.3 is 0 Å². The Morgan fingerprint density at radius 2 is 1.36 bits per heavy atom. The van der Waals surface area contributed by atoms with E-state index in [1.54, 1.807) is 18.2 Å². The topological polar surface area (TPSA) is 37.4 Å². The fourth-order valence-corrected chi connectivity index (χ4v) is 5.39. The minimum Gasteiger partial charge on any atom is -0.274 e. The third-order valence-corrected chi connectivity index (χ3v) is 6.20. The van der Waals surface area contributed by atoms with E-state index in [4.69, 9.17) is 23.2 Å². The first-order chi connectivity index (χ1) is 10.6. The van der Waals surface area contributed by atoms with Crippen molar-refractivity contribution in [3.8, 4) is 0 Å². The Hall–Kier alpha value is -1.32. The van der Waals surface area contributed by atoms with Crippen LogP contribution in [-0.4, -0.2) is 11.8 Å². The predicted molar refractivity (Wildman–Crippen MR) is 83.7 cm³/mol. The molecule has 5 aliphatic rings. The number of anilines is 1. The molecule has 2 amide bonds. The second-order valence-corrected chi connectivity index (χ2v) is 7.67. The zero-order valence-corrected chi connectivity index (χ0v) is 13.1. The smallest absolute Gasteiger partial charge is 0.238 e. The molecule has 3 fully saturated rings. The Morgan fingerprint density at radius 1 is 0.864 bits per heavy atom. The summed E-state index contributed by atoms with van der Waals surface area (Å²) in [5.74, 6) is 1.13. The molecule has 6 atom stereocenters. The normalized spacial score (nSPS) is 40.9. The van der Waals surface area contributed by atoms with E-state index in [0.717, 1.165) is 0 Å². The highest BCUT2D eigenvalue weighted by Crippen LogP contribution is 2.65. The maximum Gasteiger partial charge on any atom is 0.238 e. The van der Waals surface area contributed by atoms with Crippen LogP contribution in [0.5, 0.6) is 0 Å². The summed E-state index contributed by atoms with van der Waals surface area (Å²) in [6, 6.07) is 4.87. The van der Waals surface area contributed by atoms with Gasteiger partial charge in [0.2, 0.25) is 11.8 Å². The summed E-state index contributed by atoms with van der Waals surface area (Å²) < 4.78 is 0. The van der Waals surface area contributed by atoms with Crippen LogP contribution in [0, 0.1) is 35.5 Å². The molecular weight excluding hydrogens is 321 g/mol. The molecule has 3 nitrogen and oxygen atoms in total. The molecule has 5 heteroatoms. The van der Waals surface area contributed by atoms with Crippen molar-refractivity contribution in [2.75, 3.05) is 4.90 Å². The molecule has 0 aromatic heterocycles. The van der Waals surface area contributed by atoms with Crippen molar-refractivity contribution < 1.29 is 9.59 Å². The van der Waals surface area contributed by atoms with Crippen molar-refractivity contribution in [1.82, 2.24) is 0 Å². The molecule has 1 saturated heterocycles. The number of allylic oxidation sites excluding steroid dienone is 2. The summed E-state index contributed by atoms with van der Waals surface area (Å²) in [5, 5.41) is 0.865. The standard InChI is InChI=1S/C17H13Cl2NO2/c18-7-3-8(19)5-9(4-7)20-16(21)14-10-1-2-11(13-6-12(10)13)15(14)17(20)22/h1-5,10-15H,6H2/t10-,11-,12-,13+,14-,15+/m0/s1. The van der Waals surface area contributed by atoms with E-state index in [1.165, 1.54) is 11.3 Å². The number of nitrogens with zero attached hydrogens (tertiary/aromatic N) is 1. The van der Waals surface area contributed by atoms with E-state index >= 15 is 0 Å². The largest absolute Gasteiger partial charge is 0.274 e. The molecular formula is C17H13Cl2NO2. The molecule has 1 heterocycles. The van der Waals surface area contributed by atoms with Gasteiger partial charge in [0.15, 0.2) is 0 Å². The van der Waals surface area contributed by atoms with Crippen LogP contribution in [0.25, 0.3) is 0 Å². The summed E-state index contributed by atoms with van der Waals surface area (Å²) in [6.07, 6.45) is 5.50. The van der Waals surface area contributed by atoms with Gasteiger partial charge in [0, 0.05) is 10.0 Å². The molecule has 1 aromatic carbocycles. The minimum absolute atomic E-state index is 0.0852. The molecule has 4 aliphatic carbocycles. The Morgan fingerprint density at radius 3 is 1.86 bits per heavy atom. The number of hydrogen-bond acceptors (Lipinski definition) is 2. The van der Waals surface area contributed by atoms with Gasteiger partial charge in [-0.2, -0.15) is 0 Å². The number of rotatable bonds is 1. The lowest BCUT2D eigenvalue weighted by Gasteiger charge is -2.37. The highest BCUT2D eigenvalue weighted by Gasteiger charge is 2.67. The number of carbonyl (C=O) groups excluding carboxylic acids is 2. The van der Waals surface area contributed by atoms with Crippen LogP contribution in [0.1, 0.15) is 6.42 Å². The summed E-state index contributed by atoms with van der Waals surface area (Å²) in [6.45, 7) is 0. The van der Waals surface area contributed by atoms with Crippen LogP contribution in [0.2, 0.25) is 10.0 Å². The highest BCUT2D eigenvalue weighted by molar-refractivity contribution is 6.35. The molecule has 6 rings (SSSR count). The van der Waals surface area contributed by atoms with Crippen molar-refractivity contribution in [2.24, 2.45) is 35.5 Å². The number of halogens is 2. The predicted octanol–water partition coefficient (Wildman–Crippen LogP) is 3.55. The van der Waals surface area contributed by atoms with Crippen LogP contribution in [0.3, 0.4) is 0 Å². The number of carbonyl (C=O) groups is 2. The number of amides is 2. The van der Waals surface area contributed by atoms with Crippen LogP contribution < -0.4 is 4.90 Å². The number of benzene rings is 1. The van der Waals surface area contributed by atoms with Crippen LogP contribution in [-0.2, 0) is 9.59 Å². The fourth-order valence-electron chi connectivity index (χ4n) is 4.88. The molecule has 112 valence electrons. The Balaban J connectivity index is 1.60. The van der Waals surface area contributed by atoms with E-state index in [1.807, 2.05) is 0 Å². The second-order valence-electron chi connectivity index (χ2n) is 6.79. The zero-order chi connectivity index (χ0) is 15.2. The Bertz CT molecular complexity index is 703. The van der Waals surface area contributed by atoms with Gasteiger partial charge in [-0.3, -0.25) is 9.59 Å². The zero-order valence-electron chi connectivity index (χ0n) is 11.6. The monoisotopic (exact) mass is 333 g/mol. The number of hydrogen-bond donors (Lipinski definition) is 0. The summed E-state index contributed by atoms with van der Waals surface area (Å²) in [5.41, 5.74) is 0.495. The van der Waals surface area contributed by atoms with E-state index in [-0.39, 0.29) is 35.5 Å². The van der Waals surface area contributed by atoms with E-state index < -0.39 is 0 Å². The van der Waals surface area contributed by atoms with E-state index in [9.17, 15) is 9.59 Å². The van der Waals surface area contributed by atoms with E-state index in [2.05, 4.69) is 12.2 Å². The highest BCUT2D eigenvalue weighted by atomic mass is 35.5. The first kappa shape index (κ1) is 13.1. The Kier molecular flexibility index (Phi) is 2.48. The van der Waals surface area contributed by atoms with Gasteiger partial charge in [0.1, 0.15) is 0 Å². The third kappa shape index (κ3) is 1.53. The summed E-state index contributed by atoms with van der Waals surface area (Å²) >= 11 is 12.1. The van der Waals surface area contributed by atoms with Gasteiger partial charge in [-0.05, 0) is 48.3 Å². The van der Waals surface area contributed by atoms with Gasteiger partial charge in [-0.25, -0.2) is 4.90 Å². The van der Waals surface area contributed by atoms with E-state index in [0.29, 0.717) is 27.6 Å². The molecule has 0 N–H and O–H groups in total. The van der Waals surface area contributed by atoms with Crippen molar-refractivity contribution in [2.45, 2.75) is 6.42 Å². The molecule has 1 aromatic rings. The fraction of sp³-hybridized carbons (Fsp3) is 0.412. The first-order valence-corrected chi connectivity index (χ1v) is 8.34. The quantitative estimate of drug-likeness (QED) is 0.582. The maximum atomic E-state index is 12.9. The van der Waals surface area contributed by atoms with Crippen LogP contribution >= 0.6 is 23.2 Å². The van der Waals surface area contributed by atoms with Crippen molar-refractivity contribution in [3.05, 3.63) is 40.4 Å². The SMILES string of the molecule is O=C1[C@@H]2[C@H]3C=C[C@@H]([C@@H]4C[C@H]34)[C@@H]2C(=O)N1c1cc(Cl)cc(Cl)c1. The maximum absolute atomic E-state index is 12.9. The molecule has 22 heavy (non-hydrogen) atoms. The average Bonchev–Trinajstić information content (AvgIpc) is 3.23. The molecule has 0 radical (unpaired) electrons. The lowest BCUT2D eigenvalue weighted by atomic mass is 9.63. The van der Waals surface area contributed by atoms with Gasteiger partial charge in [-0.15, -0.1) is 0 Å².